The van der Waals surface area contributed by atoms with Gasteiger partial charge in [-0.05, 0) is 24.3 Å². The molecule has 0 aliphatic heterocycles. The third-order valence-electron chi connectivity index (χ3n) is 4.33. The highest BCUT2D eigenvalue weighted by Gasteiger charge is 2.28. The van der Waals surface area contributed by atoms with Gasteiger partial charge in [0.1, 0.15) is 12.4 Å². The molecule has 0 saturated heterocycles. The molecule has 2 aromatic carbocycles. The van der Waals surface area contributed by atoms with E-state index in [-0.39, 0.29) is 26.4 Å². The van der Waals surface area contributed by atoms with Crippen LogP contribution in [-0.2, 0) is 23.7 Å². The van der Waals surface area contributed by atoms with E-state index in [1.807, 2.05) is 0 Å². The van der Waals surface area contributed by atoms with Crippen molar-refractivity contribution in [2.24, 2.45) is 0 Å². The van der Waals surface area contributed by atoms with Crippen LogP contribution in [0, 0.1) is 29.1 Å². The molecule has 8 nitrogen and oxygen atoms in total. The summed E-state index contributed by atoms with van der Waals surface area (Å²) in [5, 5.41) is 0. The third-order valence-corrected chi connectivity index (χ3v) is 4.33. The van der Waals surface area contributed by atoms with Gasteiger partial charge in [-0.25, -0.2) is 13.2 Å². The van der Waals surface area contributed by atoms with Gasteiger partial charge in [-0.3, -0.25) is 4.79 Å². The van der Waals surface area contributed by atoms with E-state index in [4.69, 9.17) is 29.4 Å². The molecule has 0 bridgehead atoms. The zero-order valence-corrected chi connectivity index (χ0v) is 19.2. The number of nitrogen functional groups attached to an aromatic ring is 1. The van der Waals surface area contributed by atoms with Gasteiger partial charge in [-0.2, -0.15) is 8.78 Å². The summed E-state index contributed by atoms with van der Waals surface area (Å²) in [5.74, 6) is -13.4. The number of hydrogen-bond acceptors (Lipinski definition) is 8. The van der Waals surface area contributed by atoms with Gasteiger partial charge in [0.15, 0.2) is 0 Å². The van der Waals surface area contributed by atoms with Gasteiger partial charge in [-0.1, -0.05) is 0 Å². The summed E-state index contributed by atoms with van der Waals surface area (Å²) in [7, 11) is 0. The van der Waals surface area contributed by atoms with Crippen molar-refractivity contribution in [2.75, 3.05) is 65.2 Å². The molecule has 0 unspecified atom stereocenters. The van der Waals surface area contributed by atoms with E-state index < -0.39 is 47.2 Å². The predicted octanol–water partition coefficient (Wildman–Crippen LogP) is 3.41. The lowest BCUT2D eigenvalue weighted by atomic mass is 10.2. The van der Waals surface area contributed by atoms with E-state index in [1.165, 1.54) is 0 Å². The van der Waals surface area contributed by atoms with Crippen LogP contribution in [0.25, 0.3) is 0 Å². The molecule has 36 heavy (non-hydrogen) atoms. The second kappa shape index (κ2) is 15.9. The molecule has 2 aromatic rings. The van der Waals surface area contributed by atoms with Crippen LogP contribution >= 0.6 is 0 Å². The molecule has 0 heterocycles. The maximum Gasteiger partial charge on any atom is 0.313 e. The number of anilines is 1. The molecule has 0 atom stereocenters. The molecule has 0 amide bonds. The first kappa shape index (κ1) is 29.2. The number of carbonyl (C=O) groups is 1. The highest BCUT2D eigenvalue weighted by molar-refractivity contribution is 5.72. The Labute approximate surface area is 204 Å². The Morgan fingerprint density at radius 2 is 1.03 bits per heavy atom. The van der Waals surface area contributed by atoms with E-state index in [9.17, 15) is 26.7 Å². The Morgan fingerprint density at radius 1 is 0.611 bits per heavy atom. The summed E-state index contributed by atoms with van der Waals surface area (Å²) in [6.07, 6.45) is -0.479. The van der Waals surface area contributed by atoms with Crippen LogP contribution in [0.3, 0.4) is 0 Å². The van der Waals surface area contributed by atoms with Crippen molar-refractivity contribution < 1.29 is 55.2 Å². The predicted molar refractivity (Wildman–Crippen MR) is 116 cm³/mol. The second-order valence-corrected chi connectivity index (χ2v) is 6.99. The smallest absolute Gasteiger partial charge is 0.313 e. The maximum atomic E-state index is 13.5. The highest BCUT2D eigenvalue weighted by Crippen LogP contribution is 2.29. The molecule has 0 saturated carbocycles. The fourth-order valence-electron chi connectivity index (χ4n) is 2.54. The van der Waals surface area contributed by atoms with E-state index in [2.05, 4.69) is 4.74 Å². The quantitative estimate of drug-likeness (QED) is 0.0641. The topological polar surface area (TPSA) is 98.5 Å². The number of esters is 1. The lowest BCUT2D eigenvalue weighted by Crippen LogP contribution is -2.16. The number of rotatable bonds is 17. The lowest BCUT2D eigenvalue weighted by Gasteiger charge is -2.09. The van der Waals surface area contributed by atoms with E-state index in [0.717, 1.165) is 0 Å². The van der Waals surface area contributed by atoms with E-state index in [0.29, 0.717) is 44.5 Å². The molecule has 200 valence electrons. The van der Waals surface area contributed by atoms with Crippen molar-refractivity contribution in [1.82, 2.24) is 0 Å². The molecule has 0 aromatic heterocycles. The minimum atomic E-state index is -2.34. The molecule has 0 spiro atoms. The SMILES string of the molecule is Nc1ccc(OCCOCCOCCOCCOCCC(=O)Oc2c(F)c(F)c(F)c(F)c2F)cc1. The Balaban J connectivity index is 1.41. The van der Waals surface area contributed by atoms with Gasteiger partial charge in [-0.15, -0.1) is 0 Å². The van der Waals surface area contributed by atoms with Crippen molar-refractivity contribution in [3.63, 3.8) is 0 Å². The summed E-state index contributed by atoms with van der Waals surface area (Å²) in [4.78, 5) is 11.6. The van der Waals surface area contributed by atoms with E-state index >= 15 is 0 Å². The number of hydrogen-bond donors (Lipinski definition) is 1. The molecule has 2 rings (SSSR count). The number of ether oxygens (including phenoxy) is 6. The van der Waals surface area contributed by atoms with Crippen molar-refractivity contribution in [3.05, 3.63) is 53.4 Å². The number of benzene rings is 2. The summed E-state index contributed by atoms with van der Waals surface area (Å²) in [5.41, 5.74) is 6.24. The first-order valence-electron chi connectivity index (χ1n) is 10.8. The van der Waals surface area contributed by atoms with Crippen molar-refractivity contribution >= 4 is 11.7 Å². The van der Waals surface area contributed by atoms with E-state index in [1.54, 1.807) is 24.3 Å². The number of halogens is 5. The van der Waals surface area contributed by atoms with Crippen molar-refractivity contribution in [3.8, 4) is 11.5 Å². The lowest BCUT2D eigenvalue weighted by molar-refractivity contribution is -0.136. The number of carbonyl (C=O) groups excluding carboxylic acids is 1. The average molecular weight is 523 g/mol. The zero-order valence-electron chi connectivity index (χ0n) is 19.2. The first-order valence-corrected chi connectivity index (χ1v) is 10.8. The van der Waals surface area contributed by atoms with Gasteiger partial charge in [0.25, 0.3) is 0 Å². The van der Waals surface area contributed by atoms with Crippen molar-refractivity contribution in [1.29, 1.82) is 0 Å². The Morgan fingerprint density at radius 3 is 1.53 bits per heavy atom. The molecule has 0 radical (unpaired) electrons. The normalized spacial score (nSPS) is 11.0. The molecule has 0 aliphatic rings. The summed E-state index contributed by atoms with van der Waals surface area (Å²) in [6.45, 7) is 2.20. The van der Waals surface area contributed by atoms with Crippen LogP contribution < -0.4 is 15.2 Å². The van der Waals surface area contributed by atoms with Crippen LogP contribution in [-0.4, -0.2) is 65.4 Å². The molecule has 13 heteroatoms. The maximum absolute atomic E-state index is 13.5. The van der Waals surface area contributed by atoms with Crippen LogP contribution in [0.1, 0.15) is 6.42 Å². The highest BCUT2D eigenvalue weighted by atomic mass is 19.2. The molecular formula is C23H26F5NO7. The van der Waals surface area contributed by atoms with Gasteiger partial charge in [0.2, 0.25) is 34.8 Å². The Kier molecular flexibility index (Phi) is 12.9. The summed E-state index contributed by atoms with van der Waals surface area (Å²) in [6, 6.07) is 7.02. The largest absolute Gasteiger partial charge is 0.491 e. The van der Waals surface area contributed by atoms with Crippen LogP contribution in [0.2, 0.25) is 0 Å². The summed E-state index contributed by atoms with van der Waals surface area (Å²) >= 11 is 0. The standard InChI is InChI=1S/C23H26F5NO7/c24-18-19(25)21(27)23(22(28)20(18)26)36-17(30)5-6-31-7-8-32-9-10-33-11-12-34-13-14-35-16-3-1-15(29)2-4-16/h1-4H,5-14,29H2. The minimum Gasteiger partial charge on any atom is -0.491 e. The van der Waals surface area contributed by atoms with Crippen LogP contribution in [0.15, 0.2) is 24.3 Å². The minimum absolute atomic E-state index is 0.0902. The molecule has 2 N–H and O–H groups in total. The monoisotopic (exact) mass is 523 g/mol. The Hall–Kier alpha value is -3.00. The third kappa shape index (κ3) is 9.93. The van der Waals surface area contributed by atoms with Crippen molar-refractivity contribution in [2.45, 2.75) is 6.42 Å². The fourth-order valence-corrected chi connectivity index (χ4v) is 2.54. The van der Waals surface area contributed by atoms with Crippen LogP contribution in [0.5, 0.6) is 11.5 Å². The molecule has 0 fully saturated rings. The first-order chi connectivity index (χ1) is 17.3. The van der Waals surface area contributed by atoms with Gasteiger partial charge in [0.05, 0.1) is 59.3 Å². The number of nitrogens with two attached hydrogens (primary N) is 1. The fraction of sp³-hybridized carbons (Fsp3) is 0.435. The van der Waals surface area contributed by atoms with Gasteiger partial charge < -0.3 is 34.2 Å². The van der Waals surface area contributed by atoms with Gasteiger partial charge in [0, 0.05) is 5.69 Å². The average Bonchev–Trinajstić information content (AvgIpc) is 2.87. The molecule has 0 aliphatic carbocycles. The second-order valence-electron chi connectivity index (χ2n) is 6.99. The van der Waals surface area contributed by atoms with Crippen LogP contribution in [0.4, 0.5) is 27.6 Å². The zero-order chi connectivity index (χ0) is 26.3. The van der Waals surface area contributed by atoms with Gasteiger partial charge >= 0.3 is 5.97 Å². The Bertz CT molecular complexity index is 934. The summed E-state index contributed by atoms with van der Waals surface area (Å²) < 4.78 is 96.8. The molecular weight excluding hydrogens is 497 g/mol.